The molecule has 2 heteroatoms. The van der Waals surface area contributed by atoms with E-state index >= 15 is 0 Å². The summed E-state index contributed by atoms with van der Waals surface area (Å²) in [6.45, 7) is 2.42. The van der Waals surface area contributed by atoms with Gasteiger partial charge < -0.3 is 4.57 Å². The van der Waals surface area contributed by atoms with Crippen molar-refractivity contribution in [2.45, 2.75) is 23.7 Å². The van der Waals surface area contributed by atoms with Crippen LogP contribution in [-0.4, -0.2) is 4.57 Å². The third kappa shape index (κ3) is 3.98. The molecule has 1 atom stereocenters. The van der Waals surface area contributed by atoms with Crippen LogP contribution in [0.3, 0.4) is 0 Å². The largest absolute Gasteiger partial charge is 0.309 e. The smallest absolute Gasteiger partial charge is 0.0619 e. The van der Waals surface area contributed by atoms with E-state index in [4.69, 9.17) is 0 Å². The van der Waals surface area contributed by atoms with Crippen LogP contribution in [0, 0.1) is 0 Å². The fourth-order valence-electron chi connectivity index (χ4n) is 8.19. The van der Waals surface area contributed by atoms with Gasteiger partial charge in [0.2, 0.25) is 0 Å². The molecule has 2 aliphatic rings. The third-order valence-electron chi connectivity index (χ3n) is 10.4. The molecule has 47 heavy (non-hydrogen) atoms. The summed E-state index contributed by atoms with van der Waals surface area (Å²) in [4.78, 5) is 2.74. The Morgan fingerprint density at radius 1 is 0.617 bits per heavy atom. The number of nitrogens with zero attached hydrogens (tertiary/aromatic N) is 1. The summed E-state index contributed by atoms with van der Waals surface area (Å²) in [6.07, 6.45) is 5.80. The molecule has 0 radical (unpaired) electrons. The Bertz CT molecular complexity index is 2650. The van der Waals surface area contributed by atoms with Gasteiger partial charge in [0, 0.05) is 42.4 Å². The van der Waals surface area contributed by atoms with Crippen LogP contribution < -0.4 is 0 Å². The van der Waals surface area contributed by atoms with Crippen molar-refractivity contribution in [3.05, 3.63) is 174 Å². The van der Waals surface area contributed by atoms with E-state index in [9.17, 15) is 0 Å². The number of thioether (sulfide) groups is 1. The lowest BCUT2D eigenvalue weighted by molar-refractivity contribution is 0.610. The van der Waals surface area contributed by atoms with E-state index in [2.05, 4.69) is 169 Å². The van der Waals surface area contributed by atoms with Crippen LogP contribution >= 0.6 is 11.8 Å². The molecule has 2 heterocycles. The second-order valence-electron chi connectivity index (χ2n) is 13.2. The van der Waals surface area contributed by atoms with Gasteiger partial charge in [0.15, 0.2) is 0 Å². The van der Waals surface area contributed by atoms with E-state index in [-0.39, 0.29) is 5.41 Å². The monoisotopic (exact) mass is 617 g/mol. The van der Waals surface area contributed by atoms with Crippen LogP contribution in [0.5, 0.6) is 0 Å². The Labute approximate surface area is 278 Å². The normalized spacial score (nSPS) is 17.2. The van der Waals surface area contributed by atoms with Crippen LogP contribution in [-0.2, 0) is 5.41 Å². The summed E-state index contributed by atoms with van der Waals surface area (Å²) in [5.41, 5.74) is 10.3. The quantitative estimate of drug-likeness (QED) is 0.191. The van der Waals surface area contributed by atoms with Crippen LogP contribution in [0.4, 0.5) is 0 Å². The molecule has 0 bridgehead atoms. The number of para-hydroxylation sites is 1. The van der Waals surface area contributed by atoms with Crippen molar-refractivity contribution in [1.29, 1.82) is 0 Å². The average Bonchev–Trinajstić information content (AvgIpc) is 3.47. The summed E-state index contributed by atoms with van der Waals surface area (Å²) in [5.74, 6) is 0. The molecule has 0 saturated carbocycles. The fourth-order valence-corrected chi connectivity index (χ4v) is 9.34. The number of aromatic nitrogens is 1. The van der Waals surface area contributed by atoms with Gasteiger partial charge in [0.25, 0.3) is 0 Å². The second-order valence-corrected chi connectivity index (χ2v) is 14.2. The van der Waals surface area contributed by atoms with Gasteiger partial charge in [-0.2, -0.15) is 0 Å². The Balaban J connectivity index is 1.13. The van der Waals surface area contributed by atoms with Crippen molar-refractivity contribution in [3.8, 4) is 16.8 Å². The first-order valence-electron chi connectivity index (χ1n) is 16.4. The molecule has 0 spiro atoms. The Kier molecular flexibility index (Phi) is 5.77. The highest BCUT2D eigenvalue weighted by Crippen LogP contribution is 2.53. The zero-order valence-electron chi connectivity index (χ0n) is 26.1. The average molecular weight is 618 g/mol. The van der Waals surface area contributed by atoms with Crippen LogP contribution in [0.1, 0.15) is 24.5 Å². The third-order valence-corrected chi connectivity index (χ3v) is 11.5. The maximum absolute atomic E-state index is 2.47. The standard InChI is InChI=1S/C45H31NS/c1-45(26-25-41-38(28-45)36-19-9-12-30-13-10-22-42(47-41)43(30)36)39-20-6-4-16-33(39)31-14-8-15-32(27-31)46-40-21-7-5-18-35(40)37-24-23-29-11-2-3-17-34(29)44(37)46/h2-27H,28H2,1H3. The summed E-state index contributed by atoms with van der Waals surface area (Å²) < 4.78 is 2.47. The molecular formula is C45H31NS. The highest BCUT2D eigenvalue weighted by atomic mass is 32.2. The molecular weight excluding hydrogens is 587 g/mol. The van der Waals surface area contributed by atoms with Crippen LogP contribution in [0.15, 0.2) is 168 Å². The molecule has 10 rings (SSSR count). The molecule has 1 aliphatic carbocycles. The van der Waals surface area contributed by atoms with E-state index in [0.29, 0.717) is 0 Å². The van der Waals surface area contributed by atoms with Crippen LogP contribution in [0.25, 0.3) is 65.7 Å². The Morgan fingerprint density at radius 3 is 2.30 bits per heavy atom. The number of fused-ring (bicyclic) bond motifs is 6. The predicted octanol–water partition coefficient (Wildman–Crippen LogP) is 12.5. The number of hydrogen-bond donors (Lipinski definition) is 0. The molecule has 1 aromatic heterocycles. The number of benzene rings is 7. The first kappa shape index (κ1) is 26.9. The van der Waals surface area contributed by atoms with Gasteiger partial charge in [-0.05, 0) is 69.3 Å². The van der Waals surface area contributed by atoms with Crippen LogP contribution in [0.2, 0.25) is 0 Å². The number of allylic oxidation sites excluding steroid dienone is 3. The van der Waals surface area contributed by atoms with Crippen molar-refractivity contribution < 1.29 is 0 Å². The molecule has 1 aliphatic heterocycles. The van der Waals surface area contributed by atoms with Crippen molar-refractivity contribution in [2.24, 2.45) is 0 Å². The zero-order chi connectivity index (χ0) is 31.1. The molecule has 7 aromatic carbocycles. The first-order chi connectivity index (χ1) is 23.2. The predicted molar refractivity (Wildman–Crippen MR) is 202 cm³/mol. The number of hydrogen-bond acceptors (Lipinski definition) is 1. The van der Waals surface area contributed by atoms with Gasteiger partial charge in [-0.1, -0.05) is 152 Å². The van der Waals surface area contributed by atoms with Gasteiger partial charge in [-0.15, -0.1) is 0 Å². The van der Waals surface area contributed by atoms with E-state index < -0.39 is 0 Å². The lowest BCUT2D eigenvalue weighted by Gasteiger charge is -2.36. The molecule has 0 saturated heterocycles. The lowest BCUT2D eigenvalue weighted by atomic mass is 9.70. The second kappa shape index (κ2) is 10.1. The minimum absolute atomic E-state index is 0.149. The van der Waals surface area contributed by atoms with E-state index in [0.717, 1.165) is 6.42 Å². The van der Waals surface area contributed by atoms with Gasteiger partial charge in [0.1, 0.15) is 0 Å². The highest BCUT2D eigenvalue weighted by molar-refractivity contribution is 8.03. The minimum Gasteiger partial charge on any atom is -0.309 e. The lowest BCUT2D eigenvalue weighted by Crippen LogP contribution is -2.24. The van der Waals surface area contributed by atoms with Gasteiger partial charge in [-0.25, -0.2) is 0 Å². The summed E-state index contributed by atoms with van der Waals surface area (Å²) in [5, 5.41) is 7.83. The van der Waals surface area contributed by atoms with E-state index in [1.54, 1.807) is 0 Å². The first-order valence-corrected chi connectivity index (χ1v) is 17.2. The van der Waals surface area contributed by atoms with Gasteiger partial charge in [-0.3, -0.25) is 0 Å². The van der Waals surface area contributed by atoms with E-state index in [1.165, 1.54) is 86.7 Å². The number of rotatable bonds is 3. The van der Waals surface area contributed by atoms with Crippen molar-refractivity contribution in [1.82, 2.24) is 4.57 Å². The minimum atomic E-state index is -0.149. The summed E-state index contributed by atoms with van der Waals surface area (Å²) >= 11 is 1.92. The molecule has 8 aromatic rings. The maximum atomic E-state index is 2.47. The highest BCUT2D eigenvalue weighted by Gasteiger charge is 2.34. The van der Waals surface area contributed by atoms with E-state index in [1.807, 2.05) is 11.8 Å². The molecule has 1 unspecified atom stereocenters. The van der Waals surface area contributed by atoms with Crippen molar-refractivity contribution in [2.75, 3.05) is 0 Å². The molecule has 0 fully saturated rings. The van der Waals surface area contributed by atoms with Gasteiger partial charge in [0.05, 0.1) is 11.0 Å². The van der Waals surface area contributed by atoms with Crippen molar-refractivity contribution >= 4 is 60.7 Å². The molecule has 0 amide bonds. The SMILES string of the molecule is CC1(c2ccccc2-c2cccc(-n3c4ccccc4c4ccc5ccccc5c43)c2)C=CC2=C(C1)c1cccc3cccc(c13)S2. The topological polar surface area (TPSA) is 4.93 Å². The molecule has 222 valence electrons. The van der Waals surface area contributed by atoms with Crippen molar-refractivity contribution in [3.63, 3.8) is 0 Å². The van der Waals surface area contributed by atoms with Gasteiger partial charge >= 0.3 is 0 Å². The fraction of sp³-hybridized carbons (Fsp3) is 0.0667. The zero-order valence-corrected chi connectivity index (χ0v) is 26.9. The Hall–Kier alpha value is -5.31. The molecule has 0 N–H and O–H groups in total. The summed E-state index contributed by atoms with van der Waals surface area (Å²) in [7, 11) is 0. The summed E-state index contributed by atoms with van der Waals surface area (Å²) in [6, 6.07) is 53.8. The molecule has 1 nitrogen and oxygen atoms in total. The Morgan fingerprint density at radius 2 is 1.36 bits per heavy atom. The maximum Gasteiger partial charge on any atom is 0.0619 e.